The van der Waals surface area contributed by atoms with E-state index in [4.69, 9.17) is 4.74 Å². The van der Waals surface area contributed by atoms with Crippen molar-refractivity contribution in [2.24, 2.45) is 5.92 Å². The average Bonchev–Trinajstić information content (AvgIpc) is 3.20. The van der Waals surface area contributed by atoms with Gasteiger partial charge in [0, 0.05) is 23.9 Å². The van der Waals surface area contributed by atoms with Crippen LogP contribution < -0.4 is 0 Å². The van der Waals surface area contributed by atoms with Crippen LogP contribution in [0.25, 0.3) is 22.5 Å². The summed E-state index contributed by atoms with van der Waals surface area (Å²) in [6.07, 6.45) is 3.10. The van der Waals surface area contributed by atoms with Crippen LogP contribution in [0.15, 0.2) is 85.2 Å². The number of carboxylic acids is 1. The zero-order valence-corrected chi connectivity index (χ0v) is 19.2. The summed E-state index contributed by atoms with van der Waals surface area (Å²) < 4.78 is 5.58. The van der Waals surface area contributed by atoms with Crippen LogP contribution in [0.4, 0.5) is 0 Å². The number of aryl methyl sites for hydroxylation is 1. The Morgan fingerprint density at radius 1 is 0.857 bits per heavy atom. The molecule has 1 aliphatic carbocycles. The van der Waals surface area contributed by atoms with E-state index in [0.29, 0.717) is 11.4 Å². The van der Waals surface area contributed by atoms with E-state index in [1.165, 1.54) is 0 Å². The van der Waals surface area contributed by atoms with Gasteiger partial charge in [0.15, 0.2) is 11.7 Å². The molecule has 4 aromatic rings. The van der Waals surface area contributed by atoms with E-state index in [2.05, 4.69) is 22.1 Å². The minimum atomic E-state index is -1.34. The third kappa shape index (κ3) is 4.43. The number of nitrogens with zero attached hydrogens (tertiary/aromatic N) is 2. The quantitative estimate of drug-likeness (QED) is 0.304. The Morgan fingerprint density at radius 2 is 1.40 bits per heavy atom. The lowest BCUT2D eigenvalue weighted by Crippen LogP contribution is -2.29. The van der Waals surface area contributed by atoms with Crippen LogP contribution in [0.2, 0.25) is 0 Å². The number of carboxylic acid groups (broad SMARTS) is 1. The number of aliphatic carboxylic acids is 1. The molecule has 0 radical (unpaired) electrons. The zero-order chi connectivity index (χ0) is 24.4. The Kier molecular flexibility index (Phi) is 6.10. The smallest absolute Gasteiger partial charge is 0.320 e. The molecule has 0 amide bonds. The van der Waals surface area contributed by atoms with E-state index in [0.717, 1.165) is 33.4 Å². The molecule has 0 aliphatic heterocycles. The van der Waals surface area contributed by atoms with Gasteiger partial charge in [-0.05, 0) is 46.7 Å². The number of esters is 1. The van der Waals surface area contributed by atoms with Gasteiger partial charge >= 0.3 is 11.9 Å². The lowest BCUT2D eigenvalue weighted by molar-refractivity contribution is -0.158. The first kappa shape index (κ1) is 22.5. The fourth-order valence-electron chi connectivity index (χ4n) is 4.64. The maximum atomic E-state index is 12.9. The summed E-state index contributed by atoms with van der Waals surface area (Å²) in [4.78, 5) is 33.6. The molecule has 174 valence electrons. The van der Waals surface area contributed by atoms with Gasteiger partial charge in [-0.25, -0.2) is 9.97 Å². The van der Waals surface area contributed by atoms with E-state index in [1.807, 2.05) is 67.6 Å². The lowest BCUT2D eigenvalue weighted by Gasteiger charge is -2.17. The first-order valence-corrected chi connectivity index (χ1v) is 11.5. The molecule has 5 rings (SSSR count). The summed E-state index contributed by atoms with van der Waals surface area (Å²) in [6, 6.07) is 23.8. The molecule has 3 aromatic carbocycles. The first-order chi connectivity index (χ1) is 17.0. The maximum absolute atomic E-state index is 12.9. The van der Waals surface area contributed by atoms with Crippen LogP contribution in [0.3, 0.4) is 0 Å². The van der Waals surface area contributed by atoms with E-state index in [9.17, 15) is 14.7 Å². The van der Waals surface area contributed by atoms with Crippen LogP contribution >= 0.6 is 0 Å². The van der Waals surface area contributed by atoms with Crippen molar-refractivity contribution in [2.75, 3.05) is 6.61 Å². The van der Waals surface area contributed by atoms with Crippen LogP contribution in [0.1, 0.15) is 28.2 Å². The molecule has 0 bridgehead atoms. The van der Waals surface area contributed by atoms with Gasteiger partial charge in [0.05, 0.1) is 0 Å². The molecule has 0 spiro atoms. The second-order valence-corrected chi connectivity index (χ2v) is 8.68. The zero-order valence-electron chi connectivity index (χ0n) is 19.2. The highest BCUT2D eigenvalue weighted by Gasteiger charge is 2.32. The Hall–Kier alpha value is -4.32. The van der Waals surface area contributed by atoms with Gasteiger partial charge in [-0.1, -0.05) is 72.8 Å². The Labute approximate surface area is 203 Å². The Morgan fingerprint density at radius 3 is 1.97 bits per heavy atom. The largest absolute Gasteiger partial charge is 0.481 e. The van der Waals surface area contributed by atoms with Crippen molar-refractivity contribution < 1.29 is 19.4 Å². The highest BCUT2D eigenvalue weighted by atomic mass is 16.5. The second-order valence-electron chi connectivity index (χ2n) is 8.68. The van der Waals surface area contributed by atoms with Crippen LogP contribution in [-0.4, -0.2) is 33.6 Å². The van der Waals surface area contributed by atoms with Crippen molar-refractivity contribution in [1.29, 1.82) is 0 Å². The summed E-state index contributed by atoms with van der Waals surface area (Å²) >= 11 is 0. The topological polar surface area (TPSA) is 89.4 Å². The third-order valence-electron chi connectivity index (χ3n) is 6.47. The summed E-state index contributed by atoms with van der Waals surface area (Å²) in [5.41, 5.74) is 6.90. The molecule has 1 aliphatic rings. The van der Waals surface area contributed by atoms with Crippen molar-refractivity contribution in [1.82, 2.24) is 9.97 Å². The van der Waals surface area contributed by atoms with Gasteiger partial charge in [-0.3, -0.25) is 9.59 Å². The fourth-order valence-corrected chi connectivity index (χ4v) is 4.64. The monoisotopic (exact) mass is 464 g/mol. The highest BCUT2D eigenvalue weighted by molar-refractivity contribution is 5.94. The first-order valence-electron chi connectivity index (χ1n) is 11.5. The predicted molar refractivity (Wildman–Crippen MR) is 132 cm³/mol. The van der Waals surface area contributed by atoms with Gasteiger partial charge in [-0.15, -0.1) is 0 Å². The molecule has 35 heavy (non-hydrogen) atoms. The summed E-state index contributed by atoms with van der Waals surface area (Å²) in [5, 5.41) is 9.74. The summed E-state index contributed by atoms with van der Waals surface area (Å²) in [6.45, 7) is 2.06. The Bertz CT molecular complexity index is 1350. The molecule has 1 N–H and O–H groups in total. The normalized spacial score (nSPS) is 13.1. The molecule has 1 heterocycles. The number of benzene rings is 3. The van der Waals surface area contributed by atoms with Crippen LogP contribution in [0, 0.1) is 12.8 Å². The van der Waals surface area contributed by atoms with Crippen molar-refractivity contribution in [3.63, 3.8) is 0 Å². The fraction of sp³-hybridized carbons (Fsp3) is 0.172. The third-order valence-corrected chi connectivity index (χ3v) is 6.47. The average molecular weight is 465 g/mol. The van der Waals surface area contributed by atoms with Crippen molar-refractivity contribution in [3.8, 4) is 22.5 Å². The molecule has 0 saturated heterocycles. The number of hydrogen-bond acceptors (Lipinski definition) is 5. The number of ether oxygens (including phenoxy) is 1. The summed E-state index contributed by atoms with van der Waals surface area (Å²) in [7, 11) is 0. The van der Waals surface area contributed by atoms with Gasteiger partial charge in [0.25, 0.3) is 0 Å². The van der Waals surface area contributed by atoms with E-state index in [1.54, 1.807) is 12.4 Å². The van der Waals surface area contributed by atoms with Crippen molar-refractivity contribution in [2.45, 2.75) is 19.3 Å². The van der Waals surface area contributed by atoms with E-state index < -0.39 is 17.9 Å². The number of fused-ring (bicyclic) bond motifs is 3. The van der Waals surface area contributed by atoms with E-state index in [-0.39, 0.29) is 18.9 Å². The maximum Gasteiger partial charge on any atom is 0.320 e. The SMILES string of the molecule is Cc1ccccc1-c1ncc(C[C@H](C(=O)O)C(=O)OCC2c3ccccc3-c3ccccc32)cn1. The molecule has 6 nitrogen and oxygen atoms in total. The molecule has 6 heteroatoms. The molecule has 0 saturated carbocycles. The van der Waals surface area contributed by atoms with Gasteiger partial charge < -0.3 is 9.84 Å². The molecular weight excluding hydrogens is 440 g/mol. The molecule has 0 fully saturated rings. The number of carbonyl (C=O) groups is 2. The van der Waals surface area contributed by atoms with Gasteiger partial charge in [0.1, 0.15) is 6.61 Å². The molecule has 1 atom stereocenters. The Balaban J connectivity index is 1.30. The lowest BCUT2D eigenvalue weighted by atomic mass is 9.97. The predicted octanol–water partition coefficient (Wildman–Crippen LogP) is 5.05. The number of hydrogen-bond donors (Lipinski definition) is 1. The number of rotatable bonds is 7. The number of aromatic nitrogens is 2. The summed E-state index contributed by atoms with van der Waals surface area (Å²) in [5.74, 6) is -2.90. The second kappa shape index (κ2) is 9.50. The standard InChI is InChI=1S/C29H24N2O4/c1-18-8-2-3-9-20(18)27-30-15-19(16-31-27)14-25(28(32)33)29(34)35-17-26-23-12-6-4-10-21(23)22-11-5-7-13-24(22)26/h2-13,15-16,25-26H,14,17H2,1H3,(H,32,33)/t25-/m1/s1. The van der Waals surface area contributed by atoms with Crippen LogP contribution in [-0.2, 0) is 20.7 Å². The molecular formula is C29H24N2O4. The minimum Gasteiger partial charge on any atom is -0.481 e. The number of carbonyl (C=O) groups excluding carboxylic acids is 1. The van der Waals surface area contributed by atoms with Gasteiger partial charge in [-0.2, -0.15) is 0 Å². The van der Waals surface area contributed by atoms with Crippen molar-refractivity contribution in [3.05, 3.63) is 107 Å². The molecule has 0 unspecified atom stereocenters. The van der Waals surface area contributed by atoms with Gasteiger partial charge in [0.2, 0.25) is 0 Å². The van der Waals surface area contributed by atoms with Crippen LogP contribution in [0.5, 0.6) is 0 Å². The van der Waals surface area contributed by atoms with Crippen molar-refractivity contribution >= 4 is 11.9 Å². The molecule has 1 aromatic heterocycles. The van der Waals surface area contributed by atoms with E-state index >= 15 is 0 Å². The highest BCUT2D eigenvalue weighted by Crippen LogP contribution is 2.44. The minimum absolute atomic E-state index is 0.0416.